The van der Waals surface area contributed by atoms with Crippen molar-refractivity contribution in [2.75, 3.05) is 0 Å². The third-order valence-electron chi connectivity index (χ3n) is 3.87. The van der Waals surface area contributed by atoms with Crippen molar-refractivity contribution in [2.24, 2.45) is 0 Å². The van der Waals surface area contributed by atoms with Crippen LogP contribution in [0.2, 0.25) is 0 Å². The van der Waals surface area contributed by atoms with Gasteiger partial charge in [0, 0.05) is 5.56 Å². The van der Waals surface area contributed by atoms with E-state index in [0.717, 1.165) is 37.6 Å². The van der Waals surface area contributed by atoms with Gasteiger partial charge in [-0.05, 0) is 35.2 Å². The Hall–Kier alpha value is -3.03. The van der Waals surface area contributed by atoms with Gasteiger partial charge < -0.3 is 4.42 Å². The van der Waals surface area contributed by atoms with Gasteiger partial charge in [-0.2, -0.15) is 9.61 Å². The molecule has 0 unspecified atom stereocenters. The third-order valence-corrected chi connectivity index (χ3v) is 5.69. The predicted octanol–water partition coefficient (Wildman–Crippen LogP) is 5.34. The van der Waals surface area contributed by atoms with Gasteiger partial charge in [-0.15, -0.1) is 21.5 Å². The fourth-order valence-corrected chi connectivity index (χ4v) is 4.13. The normalized spacial score (nSPS) is 11.7. The summed E-state index contributed by atoms with van der Waals surface area (Å²) in [6, 6.07) is 16.1. The van der Waals surface area contributed by atoms with E-state index < -0.39 is 0 Å². The summed E-state index contributed by atoms with van der Waals surface area (Å²) >= 11 is 3.17. The molecule has 4 heterocycles. The number of nitrogens with zero attached hydrogens (tertiary/aromatic N) is 4. The zero-order valence-corrected chi connectivity index (χ0v) is 15.1. The van der Waals surface area contributed by atoms with Crippen LogP contribution in [0.4, 0.5) is 0 Å². The minimum absolute atomic E-state index is 0.788. The molecule has 5 rings (SSSR count). The van der Waals surface area contributed by atoms with Gasteiger partial charge >= 0.3 is 0 Å². The molecule has 7 heteroatoms. The zero-order valence-electron chi connectivity index (χ0n) is 13.4. The van der Waals surface area contributed by atoms with Crippen LogP contribution in [0.25, 0.3) is 38.4 Å². The molecule has 0 atom stereocenters. The van der Waals surface area contributed by atoms with E-state index in [1.54, 1.807) is 17.6 Å². The van der Waals surface area contributed by atoms with E-state index in [0.29, 0.717) is 0 Å². The summed E-state index contributed by atoms with van der Waals surface area (Å²) in [4.78, 5) is 1.86. The number of hydrogen-bond donors (Lipinski definition) is 0. The number of rotatable bonds is 4. The summed E-state index contributed by atoms with van der Waals surface area (Å²) in [5.41, 5.74) is 2.17. The lowest BCUT2D eigenvalue weighted by Crippen LogP contribution is -1.89. The standard InChI is InChI=1S/C19H12N4OS2/c1-3-15(24-11-1)10-7-13-5-8-14(9-6-13)18-22-23-17(16-4-2-12-25-16)20-21-19(23)26-18/h1-12H. The molecule has 1 aromatic carbocycles. The summed E-state index contributed by atoms with van der Waals surface area (Å²) in [5.74, 6) is 1.62. The van der Waals surface area contributed by atoms with E-state index in [9.17, 15) is 0 Å². The first kappa shape index (κ1) is 15.2. The lowest BCUT2D eigenvalue weighted by Gasteiger charge is -1.97. The summed E-state index contributed by atoms with van der Waals surface area (Å²) in [5, 5.41) is 16.1. The molecular weight excluding hydrogens is 364 g/mol. The topological polar surface area (TPSA) is 56.2 Å². The first-order valence-electron chi connectivity index (χ1n) is 7.95. The van der Waals surface area contributed by atoms with E-state index in [-0.39, 0.29) is 0 Å². The van der Waals surface area contributed by atoms with Gasteiger partial charge in [-0.25, -0.2) is 0 Å². The number of fused-ring (bicyclic) bond motifs is 1. The van der Waals surface area contributed by atoms with Crippen LogP contribution in [0.3, 0.4) is 0 Å². The Labute approximate surface area is 156 Å². The Morgan fingerprint density at radius 1 is 0.962 bits per heavy atom. The Balaban J connectivity index is 1.44. The molecule has 0 radical (unpaired) electrons. The lowest BCUT2D eigenvalue weighted by atomic mass is 10.1. The predicted molar refractivity (Wildman–Crippen MR) is 105 cm³/mol. The van der Waals surface area contributed by atoms with Crippen LogP contribution in [0.15, 0.2) is 64.6 Å². The first-order chi connectivity index (χ1) is 12.9. The highest BCUT2D eigenvalue weighted by molar-refractivity contribution is 7.19. The van der Waals surface area contributed by atoms with E-state index >= 15 is 0 Å². The molecule has 0 fully saturated rings. The van der Waals surface area contributed by atoms with Gasteiger partial charge in [0.05, 0.1) is 11.1 Å². The first-order valence-corrected chi connectivity index (χ1v) is 9.64. The molecule has 0 saturated heterocycles. The van der Waals surface area contributed by atoms with Crippen LogP contribution in [0.5, 0.6) is 0 Å². The summed E-state index contributed by atoms with van der Waals surface area (Å²) < 4.78 is 7.12. The van der Waals surface area contributed by atoms with Crippen molar-refractivity contribution in [2.45, 2.75) is 0 Å². The van der Waals surface area contributed by atoms with Crippen LogP contribution in [0.1, 0.15) is 11.3 Å². The minimum atomic E-state index is 0.788. The minimum Gasteiger partial charge on any atom is -0.465 e. The van der Waals surface area contributed by atoms with Gasteiger partial charge in [-0.3, -0.25) is 0 Å². The van der Waals surface area contributed by atoms with Crippen LogP contribution < -0.4 is 0 Å². The molecular formula is C19H12N4OS2. The monoisotopic (exact) mass is 376 g/mol. The van der Waals surface area contributed by atoms with Gasteiger partial charge in [0.15, 0.2) is 5.82 Å². The van der Waals surface area contributed by atoms with Gasteiger partial charge in [0.25, 0.3) is 0 Å². The second kappa shape index (κ2) is 6.36. The molecule has 0 bridgehead atoms. The van der Waals surface area contributed by atoms with E-state index in [1.165, 1.54) is 11.3 Å². The number of aromatic nitrogens is 4. The smallest absolute Gasteiger partial charge is 0.235 e. The van der Waals surface area contributed by atoms with Gasteiger partial charge in [-0.1, -0.05) is 47.7 Å². The number of benzene rings is 1. The third kappa shape index (κ3) is 2.77. The second-order valence-corrected chi connectivity index (χ2v) is 7.48. The van der Waals surface area contributed by atoms with Crippen molar-refractivity contribution in [3.8, 4) is 21.3 Å². The highest BCUT2D eigenvalue weighted by Gasteiger charge is 2.14. The zero-order chi connectivity index (χ0) is 17.3. The van der Waals surface area contributed by atoms with Crippen molar-refractivity contribution in [1.29, 1.82) is 0 Å². The molecule has 0 N–H and O–H groups in total. The molecule has 0 saturated carbocycles. The number of thiophene rings is 1. The average Bonchev–Trinajstić information content (AvgIpc) is 3.44. The molecule has 126 valence electrons. The summed E-state index contributed by atoms with van der Waals surface area (Å²) in [7, 11) is 0. The van der Waals surface area contributed by atoms with E-state index in [4.69, 9.17) is 9.52 Å². The van der Waals surface area contributed by atoms with Gasteiger partial charge in [0.1, 0.15) is 10.8 Å². The average molecular weight is 376 g/mol. The van der Waals surface area contributed by atoms with Gasteiger partial charge in [0.2, 0.25) is 4.96 Å². The van der Waals surface area contributed by atoms with Crippen molar-refractivity contribution in [3.05, 3.63) is 71.5 Å². The van der Waals surface area contributed by atoms with Crippen LogP contribution >= 0.6 is 22.7 Å². The van der Waals surface area contributed by atoms with E-state index in [1.807, 2.05) is 46.3 Å². The molecule has 0 aliphatic rings. The van der Waals surface area contributed by atoms with Crippen molar-refractivity contribution < 1.29 is 4.42 Å². The van der Waals surface area contributed by atoms with Crippen molar-refractivity contribution in [1.82, 2.24) is 19.8 Å². The highest BCUT2D eigenvalue weighted by atomic mass is 32.1. The number of furan rings is 1. The molecule has 0 aliphatic carbocycles. The second-order valence-electron chi connectivity index (χ2n) is 5.57. The molecule has 26 heavy (non-hydrogen) atoms. The Morgan fingerprint density at radius 2 is 1.88 bits per heavy atom. The van der Waals surface area contributed by atoms with Crippen molar-refractivity contribution >= 4 is 39.8 Å². The van der Waals surface area contributed by atoms with Crippen LogP contribution in [-0.2, 0) is 0 Å². The quantitative estimate of drug-likeness (QED) is 0.424. The molecule has 0 aliphatic heterocycles. The SMILES string of the molecule is C(=Cc1ccco1)c1ccc(-c2nn3c(-c4cccs4)nnc3s2)cc1. The molecule has 5 aromatic rings. The Morgan fingerprint density at radius 3 is 2.65 bits per heavy atom. The molecule has 5 nitrogen and oxygen atoms in total. The molecule has 0 amide bonds. The van der Waals surface area contributed by atoms with E-state index in [2.05, 4.69) is 34.5 Å². The molecule has 0 spiro atoms. The maximum atomic E-state index is 5.30. The lowest BCUT2D eigenvalue weighted by molar-refractivity contribution is 0.557. The fourth-order valence-electron chi connectivity index (χ4n) is 2.59. The summed E-state index contributed by atoms with van der Waals surface area (Å²) in [6.07, 6.45) is 5.64. The Bertz CT molecular complexity index is 1170. The maximum absolute atomic E-state index is 5.30. The van der Waals surface area contributed by atoms with Crippen molar-refractivity contribution in [3.63, 3.8) is 0 Å². The Kier molecular flexibility index (Phi) is 3.73. The molecule has 4 aromatic heterocycles. The summed E-state index contributed by atoms with van der Waals surface area (Å²) in [6.45, 7) is 0. The highest BCUT2D eigenvalue weighted by Crippen LogP contribution is 2.29. The van der Waals surface area contributed by atoms with Crippen LogP contribution in [0, 0.1) is 0 Å². The fraction of sp³-hybridized carbons (Fsp3) is 0. The van der Waals surface area contributed by atoms with Crippen LogP contribution in [-0.4, -0.2) is 19.8 Å². The largest absolute Gasteiger partial charge is 0.465 e. The number of hydrogen-bond acceptors (Lipinski definition) is 6. The maximum Gasteiger partial charge on any atom is 0.235 e.